The minimum absolute atomic E-state index is 0.342. The average Bonchev–Trinajstić information content (AvgIpc) is 2.68. The molecule has 1 aliphatic rings. The number of ether oxygens (including phenoxy) is 2. The molecule has 0 spiro atoms. The zero-order valence-corrected chi connectivity index (χ0v) is 13.1. The first kappa shape index (κ1) is 14.1. The summed E-state index contributed by atoms with van der Waals surface area (Å²) < 4.78 is 11.3. The van der Waals surface area contributed by atoms with Gasteiger partial charge >= 0.3 is 6.09 Å². The lowest BCUT2D eigenvalue weighted by molar-refractivity contribution is 0.0584. The Morgan fingerprint density at radius 1 is 1.47 bits per heavy atom. The van der Waals surface area contributed by atoms with Gasteiger partial charge in [-0.05, 0) is 42.8 Å². The van der Waals surface area contributed by atoms with Gasteiger partial charge in [0.15, 0.2) is 0 Å². The van der Waals surface area contributed by atoms with E-state index in [1.807, 2.05) is 26.8 Å². The van der Waals surface area contributed by atoms with Gasteiger partial charge in [-0.15, -0.1) is 0 Å². The first-order valence-electron chi connectivity index (χ1n) is 6.06. The number of hydrogen-bond donors (Lipinski definition) is 0. The van der Waals surface area contributed by atoms with Gasteiger partial charge in [-0.1, -0.05) is 0 Å². The van der Waals surface area contributed by atoms with Crippen LogP contribution in [0.2, 0.25) is 0 Å². The topological polar surface area (TPSA) is 51.7 Å². The molecule has 0 aromatic carbocycles. The molecule has 19 heavy (non-hydrogen) atoms. The quantitative estimate of drug-likeness (QED) is 0.794. The standard InChI is InChI=1S/C13H17BrN2O3/c1-13(2,3)19-12(17)16-6-5-9-10(16)7-8(14)11(15-9)18-4/h7H,5-6H2,1-4H3. The van der Waals surface area contributed by atoms with Crippen molar-refractivity contribution in [2.75, 3.05) is 18.6 Å². The predicted octanol–water partition coefficient (Wildman–Crippen LogP) is 3.15. The van der Waals surface area contributed by atoms with E-state index in [1.54, 1.807) is 12.0 Å². The van der Waals surface area contributed by atoms with Gasteiger partial charge in [-0.25, -0.2) is 9.78 Å². The smallest absolute Gasteiger partial charge is 0.414 e. The van der Waals surface area contributed by atoms with Crippen molar-refractivity contribution in [1.29, 1.82) is 0 Å². The van der Waals surface area contributed by atoms with E-state index in [4.69, 9.17) is 9.47 Å². The Morgan fingerprint density at radius 3 is 2.74 bits per heavy atom. The zero-order chi connectivity index (χ0) is 14.2. The van der Waals surface area contributed by atoms with Gasteiger partial charge in [0.05, 0.1) is 23.0 Å². The molecule has 0 fully saturated rings. The van der Waals surface area contributed by atoms with E-state index in [0.717, 1.165) is 15.9 Å². The van der Waals surface area contributed by atoms with E-state index < -0.39 is 5.60 Å². The molecule has 6 heteroatoms. The number of aromatic nitrogens is 1. The number of anilines is 1. The number of carbonyl (C=O) groups is 1. The number of hydrogen-bond acceptors (Lipinski definition) is 4. The Labute approximate surface area is 121 Å². The Balaban J connectivity index is 2.27. The lowest BCUT2D eigenvalue weighted by Gasteiger charge is -2.24. The van der Waals surface area contributed by atoms with Gasteiger partial charge in [-0.2, -0.15) is 0 Å². The van der Waals surface area contributed by atoms with E-state index in [0.29, 0.717) is 18.8 Å². The molecule has 1 amide bonds. The summed E-state index contributed by atoms with van der Waals surface area (Å²) in [6, 6.07) is 1.85. The second-order valence-corrected chi connectivity index (χ2v) is 6.18. The molecule has 1 aromatic rings. The molecule has 0 bridgehead atoms. The third-order valence-electron chi connectivity index (χ3n) is 2.67. The van der Waals surface area contributed by atoms with Crippen molar-refractivity contribution < 1.29 is 14.3 Å². The summed E-state index contributed by atoms with van der Waals surface area (Å²) >= 11 is 3.38. The fraction of sp³-hybridized carbons (Fsp3) is 0.538. The Kier molecular flexibility index (Phi) is 3.71. The SMILES string of the molecule is COc1nc2c(cc1Br)N(C(=O)OC(C)(C)C)CC2. The molecule has 1 aliphatic heterocycles. The van der Waals surface area contributed by atoms with E-state index in [2.05, 4.69) is 20.9 Å². The first-order chi connectivity index (χ1) is 8.81. The van der Waals surface area contributed by atoms with E-state index >= 15 is 0 Å². The Morgan fingerprint density at radius 2 is 2.16 bits per heavy atom. The third kappa shape index (κ3) is 3.00. The summed E-state index contributed by atoms with van der Waals surface area (Å²) in [7, 11) is 1.57. The van der Waals surface area contributed by atoms with Gasteiger partial charge in [0.2, 0.25) is 5.88 Å². The van der Waals surface area contributed by atoms with Crippen molar-refractivity contribution in [2.24, 2.45) is 0 Å². The molecular formula is C13H17BrN2O3. The van der Waals surface area contributed by atoms with Crippen LogP contribution in [0.4, 0.5) is 10.5 Å². The molecule has 1 aromatic heterocycles. The zero-order valence-electron chi connectivity index (χ0n) is 11.5. The Bertz CT molecular complexity index is 511. The normalized spacial score (nSPS) is 14.3. The summed E-state index contributed by atoms with van der Waals surface area (Å²) in [5, 5.41) is 0. The highest BCUT2D eigenvalue weighted by atomic mass is 79.9. The summed E-state index contributed by atoms with van der Waals surface area (Å²) in [5.74, 6) is 0.532. The molecule has 0 unspecified atom stereocenters. The molecule has 0 N–H and O–H groups in total. The minimum Gasteiger partial charge on any atom is -0.480 e. The number of pyridine rings is 1. The maximum absolute atomic E-state index is 12.1. The van der Waals surface area contributed by atoms with Gasteiger partial charge in [-0.3, -0.25) is 4.90 Å². The molecule has 2 heterocycles. The van der Waals surface area contributed by atoms with Crippen molar-refractivity contribution in [3.63, 3.8) is 0 Å². The molecule has 0 radical (unpaired) electrons. The number of nitrogens with zero attached hydrogens (tertiary/aromatic N) is 2. The van der Waals surface area contributed by atoms with Gasteiger partial charge < -0.3 is 9.47 Å². The lowest BCUT2D eigenvalue weighted by Crippen LogP contribution is -2.35. The molecule has 5 nitrogen and oxygen atoms in total. The summed E-state index contributed by atoms with van der Waals surface area (Å²) in [5.41, 5.74) is 1.13. The second kappa shape index (κ2) is 5.00. The van der Waals surface area contributed by atoms with Crippen LogP contribution in [0.3, 0.4) is 0 Å². The maximum Gasteiger partial charge on any atom is 0.414 e. The van der Waals surface area contributed by atoms with Crippen molar-refractivity contribution >= 4 is 27.7 Å². The van der Waals surface area contributed by atoms with Gasteiger partial charge in [0.25, 0.3) is 0 Å². The van der Waals surface area contributed by atoms with Crippen molar-refractivity contribution in [3.05, 3.63) is 16.2 Å². The van der Waals surface area contributed by atoms with E-state index in [1.165, 1.54) is 0 Å². The van der Waals surface area contributed by atoms with Crippen molar-refractivity contribution in [3.8, 4) is 5.88 Å². The number of methoxy groups -OCH3 is 1. The number of rotatable bonds is 1. The minimum atomic E-state index is -0.503. The molecule has 0 aliphatic carbocycles. The molecular weight excluding hydrogens is 312 g/mol. The predicted molar refractivity (Wildman–Crippen MR) is 75.8 cm³/mol. The van der Waals surface area contributed by atoms with Crippen LogP contribution in [0.1, 0.15) is 26.5 Å². The third-order valence-corrected chi connectivity index (χ3v) is 3.24. The van der Waals surface area contributed by atoms with Crippen LogP contribution in [0, 0.1) is 0 Å². The van der Waals surface area contributed by atoms with Crippen LogP contribution in [-0.2, 0) is 11.2 Å². The second-order valence-electron chi connectivity index (χ2n) is 5.33. The van der Waals surface area contributed by atoms with Gasteiger partial charge in [0.1, 0.15) is 5.60 Å². The van der Waals surface area contributed by atoms with Crippen molar-refractivity contribution in [2.45, 2.75) is 32.8 Å². The molecule has 2 rings (SSSR count). The highest BCUT2D eigenvalue weighted by Crippen LogP contribution is 2.34. The number of amides is 1. The summed E-state index contributed by atoms with van der Waals surface area (Å²) in [6.07, 6.45) is 0.364. The average molecular weight is 329 g/mol. The molecule has 0 saturated carbocycles. The first-order valence-corrected chi connectivity index (χ1v) is 6.85. The Hall–Kier alpha value is -1.30. The van der Waals surface area contributed by atoms with Crippen molar-refractivity contribution in [1.82, 2.24) is 4.98 Å². The lowest BCUT2D eigenvalue weighted by atomic mass is 10.2. The summed E-state index contributed by atoms with van der Waals surface area (Å²) in [4.78, 5) is 18.1. The number of fused-ring (bicyclic) bond motifs is 1. The molecule has 104 valence electrons. The monoisotopic (exact) mass is 328 g/mol. The van der Waals surface area contributed by atoms with Crippen LogP contribution in [0.5, 0.6) is 5.88 Å². The van der Waals surface area contributed by atoms with Crippen LogP contribution in [-0.4, -0.2) is 30.3 Å². The molecule has 0 saturated heterocycles. The van der Waals surface area contributed by atoms with Crippen LogP contribution in [0.25, 0.3) is 0 Å². The van der Waals surface area contributed by atoms with Crippen LogP contribution in [0.15, 0.2) is 10.5 Å². The number of halogens is 1. The van der Waals surface area contributed by atoms with Gasteiger partial charge in [0, 0.05) is 13.0 Å². The van der Waals surface area contributed by atoms with E-state index in [-0.39, 0.29) is 6.09 Å². The maximum atomic E-state index is 12.1. The van der Waals surface area contributed by atoms with Crippen LogP contribution < -0.4 is 9.64 Å². The summed E-state index contributed by atoms with van der Waals surface area (Å²) in [6.45, 7) is 6.13. The largest absolute Gasteiger partial charge is 0.480 e. The fourth-order valence-electron chi connectivity index (χ4n) is 1.90. The van der Waals surface area contributed by atoms with E-state index in [9.17, 15) is 4.79 Å². The van der Waals surface area contributed by atoms with Crippen LogP contribution >= 0.6 is 15.9 Å². The highest BCUT2D eigenvalue weighted by molar-refractivity contribution is 9.10. The number of carbonyl (C=O) groups excluding carboxylic acids is 1. The molecule has 0 atom stereocenters. The highest BCUT2D eigenvalue weighted by Gasteiger charge is 2.30. The fourth-order valence-corrected chi connectivity index (χ4v) is 2.37.